The lowest BCUT2D eigenvalue weighted by molar-refractivity contribution is 0.0303. The van der Waals surface area contributed by atoms with Crippen molar-refractivity contribution in [3.8, 4) is 39.7 Å². The summed E-state index contributed by atoms with van der Waals surface area (Å²) in [5.74, 6) is 1.33. The fourth-order valence-corrected chi connectivity index (χ4v) is 4.65. The molecule has 2 N–H and O–H groups in total. The zero-order chi connectivity index (χ0) is 28.0. The van der Waals surface area contributed by atoms with E-state index in [0.29, 0.717) is 61.4 Å². The number of ether oxygens (including phenoxy) is 1. The Kier molecular flexibility index (Phi) is 7.59. The van der Waals surface area contributed by atoms with Crippen molar-refractivity contribution >= 4 is 11.7 Å². The fraction of sp³-hybridized carbons (Fsp3) is 0.156. The molecule has 1 amide bonds. The van der Waals surface area contributed by atoms with Gasteiger partial charge >= 0.3 is 0 Å². The van der Waals surface area contributed by atoms with Crippen LogP contribution >= 0.6 is 0 Å². The van der Waals surface area contributed by atoms with E-state index in [4.69, 9.17) is 14.7 Å². The Morgan fingerprint density at radius 3 is 2.46 bits per heavy atom. The Balaban J connectivity index is 1.29. The van der Waals surface area contributed by atoms with Gasteiger partial charge in [0.25, 0.3) is 5.91 Å². The van der Waals surface area contributed by atoms with Gasteiger partial charge in [-0.3, -0.25) is 14.8 Å². The van der Waals surface area contributed by atoms with Gasteiger partial charge in [0.15, 0.2) is 5.82 Å². The maximum Gasteiger partial charge on any atom is 0.254 e. The number of hydrogen-bond donors (Lipinski definition) is 2. The molecule has 6 rings (SSSR count). The summed E-state index contributed by atoms with van der Waals surface area (Å²) in [7, 11) is 0. The number of aromatic hydroxyl groups is 1. The lowest BCUT2D eigenvalue weighted by Gasteiger charge is -2.26. The van der Waals surface area contributed by atoms with E-state index in [1.807, 2.05) is 65.6 Å². The highest BCUT2D eigenvalue weighted by atomic mass is 16.5. The Bertz CT molecular complexity index is 1650. The highest BCUT2D eigenvalue weighted by molar-refractivity contribution is 5.94. The number of benzene rings is 2. The van der Waals surface area contributed by atoms with Crippen LogP contribution in [0.15, 0.2) is 97.5 Å². The van der Waals surface area contributed by atoms with E-state index in [1.54, 1.807) is 36.8 Å². The van der Waals surface area contributed by atoms with Gasteiger partial charge in [0.05, 0.1) is 18.9 Å². The summed E-state index contributed by atoms with van der Waals surface area (Å²) >= 11 is 0. The predicted octanol–water partition coefficient (Wildman–Crippen LogP) is 5.06. The third kappa shape index (κ3) is 6.21. The van der Waals surface area contributed by atoms with Gasteiger partial charge in [0.1, 0.15) is 17.3 Å². The molecule has 9 heteroatoms. The van der Waals surface area contributed by atoms with Crippen LogP contribution in [-0.2, 0) is 11.3 Å². The summed E-state index contributed by atoms with van der Waals surface area (Å²) < 4.78 is 5.36. The number of phenolic OH excluding ortho intramolecular Hbond substituents is 1. The second-order valence-corrected chi connectivity index (χ2v) is 9.64. The van der Waals surface area contributed by atoms with E-state index in [1.165, 1.54) is 0 Å². The lowest BCUT2D eigenvalue weighted by atomic mass is 10.0. The minimum Gasteiger partial charge on any atom is -0.508 e. The molecule has 0 unspecified atom stereocenters. The molecule has 1 saturated heterocycles. The second-order valence-electron chi connectivity index (χ2n) is 9.64. The zero-order valence-electron chi connectivity index (χ0n) is 22.3. The fourth-order valence-electron chi connectivity index (χ4n) is 4.65. The monoisotopic (exact) mass is 544 g/mol. The number of pyridine rings is 2. The van der Waals surface area contributed by atoms with E-state index in [9.17, 15) is 9.90 Å². The first-order chi connectivity index (χ1) is 20.1. The van der Waals surface area contributed by atoms with Crippen LogP contribution in [0.5, 0.6) is 5.75 Å². The van der Waals surface area contributed by atoms with Gasteiger partial charge in [-0.2, -0.15) is 0 Å². The molecule has 0 bridgehead atoms. The van der Waals surface area contributed by atoms with Crippen molar-refractivity contribution in [1.29, 1.82) is 0 Å². The predicted molar refractivity (Wildman–Crippen MR) is 156 cm³/mol. The number of carbonyl (C=O) groups excluding carboxylic acids is 1. The first-order valence-electron chi connectivity index (χ1n) is 13.4. The zero-order valence-corrected chi connectivity index (χ0v) is 22.3. The molecular weight excluding hydrogens is 516 g/mol. The van der Waals surface area contributed by atoms with Crippen LogP contribution in [-0.4, -0.2) is 62.2 Å². The molecular formula is C32H28N6O3. The maximum absolute atomic E-state index is 12.8. The molecule has 0 spiro atoms. The van der Waals surface area contributed by atoms with Gasteiger partial charge in [0.2, 0.25) is 0 Å². The number of nitrogens with zero attached hydrogens (tertiary/aromatic N) is 5. The summed E-state index contributed by atoms with van der Waals surface area (Å²) in [6, 6.07) is 24.2. The average Bonchev–Trinajstić information content (AvgIpc) is 3.04. The van der Waals surface area contributed by atoms with E-state index in [0.717, 1.165) is 22.3 Å². The Morgan fingerprint density at radius 2 is 1.68 bits per heavy atom. The summed E-state index contributed by atoms with van der Waals surface area (Å²) in [5.41, 5.74) is 5.57. The summed E-state index contributed by atoms with van der Waals surface area (Å²) in [6.07, 6.45) is 5.27. The summed E-state index contributed by atoms with van der Waals surface area (Å²) in [4.78, 5) is 33.1. The van der Waals surface area contributed by atoms with Gasteiger partial charge in [-0.05, 0) is 53.6 Å². The maximum atomic E-state index is 12.8. The van der Waals surface area contributed by atoms with Crippen LogP contribution in [0.3, 0.4) is 0 Å². The number of amides is 1. The number of anilines is 1. The minimum atomic E-state index is 0.0144. The number of nitrogens with one attached hydrogen (secondary N) is 1. The van der Waals surface area contributed by atoms with Crippen molar-refractivity contribution in [1.82, 2.24) is 24.8 Å². The van der Waals surface area contributed by atoms with Crippen LogP contribution in [0.2, 0.25) is 0 Å². The molecule has 204 valence electrons. The van der Waals surface area contributed by atoms with Crippen molar-refractivity contribution in [2.45, 2.75) is 6.54 Å². The van der Waals surface area contributed by atoms with E-state index in [-0.39, 0.29) is 11.7 Å². The standard InChI is InChI=1S/C32H28N6O3/c39-27-5-3-4-22(16-27)19-35-30-18-29(36-31(37-30)28-6-1-2-11-34-28)26-17-25(20-33-21-26)23-7-9-24(10-8-23)32(40)38-12-14-41-15-13-38/h1-11,16-18,20-21,39H,12-15,19H2,(H,35,36,37). The third-order valence-electron chi connectivity index (χ3n) is 6.80. The number of phenols is 1. The molecule has 1 aliphatic heterocycles. The van der Waals surface area contributed by atoms with Crippen LogP contribution in [0.25, 0.3) is 33.9 Å². The molecule has 0 atom stereocenters. The van der Waals surface area contributed by atoms with Crippen LogP contribution in [0, 0.1) is 0 Å². The van der Waals surface area contributed by atoms with Crippen molar-refractivity contribution in [2.24, 2.45) is 0 Å². The third-order valence-corrected chi connectivity index (χ3v) is 6.80. The molecule has 4 heterocycles. The first-order valence-corrected chi connectivity index (χ1v) is 13.4. The van der Waals surface area contributed by atoms with Crippen molar-refractivity contribution < 1.29 is 14.6 Å². The number of aromatic nitrogens is 4. The van der Waals surface area contributed by atoms with Crippen LogP contribution in [0.1, 0.15) is 15.9 Å². The molecule has 2 aromatic carbocycles. The van der Waals surface area contributed by atoms with Crippen LogP contribution < -0.4 is 5.32 Å². The normalized spacial score (nSPS) is 13.1. The van der Waals surface area contributed by atoms with Crippen molar-refractivity contribution in [2.75, 3.05) is 31.6 Å². The molecule has 0 saturated carbocycles. The van der Waals surface area contributed by atoms with Gasteiger partial charge in [-0.15, -0.1) is 0 Å². The summed E-state index contributed by atoms with van der Waals surface area (Å²) in [5, 5.41) is 13.2. The first kappa shape index (κ1) is 26.1. The van der Waals surface area contributed by atoms with Crippen molar-refractivity contribution in [3.63, 3.8) is 0 Å². The highest BCUT2D eigenvalue weighted by Crippen LogP contribution is 2.28. The van der Waals surface area contributed by atoms with E-state index < -0.39 is 0 Å². The Morgan fingerprint density at radius 1 is 0.854 bits per heavy atom. The molecule has 41 heavy (non-hydrogen) atoms. The van der Waals surface area contributed by atoms with Gasteiger partial charge in [-0.25, -0.2) is 9.97 Å². The Hall–Kier alpha value is -5.15. The van der Waals surface area contributed by atoms with E-state index >= 15 is 0 Å². The smallest absolute Gasteiger partial charge is 0.254 e. The largest absolute Gasteiger partial charge is 0.508 e. The minimum absolute atomic E-state index is 0.0144. The van der Waals surface area contributed by atoms with Gasteiger partial charge in [-0.1, -0.05) is 30.3 Å². The molecule has 1 aliphatic rings. The number of carbonyl (C=O) groups is 1. The lowest BCUT2D eigenvalue weighted by Crippen LogP contribution is -2.40. The molecule has 9 nitrogen and oxygen atoms in total. The van der Waals surface area contributed by atoms with Gasteiger partial charge < -0.3 is 20.1 Å². The van der Waals surface area contributed by atoms with Crippen LogP contribution in [0.4, 0.5) is 5.82 Å². The number of hydrogen-bond acceptors (Lipinski definition) is 8. The Labute approximate surface area is 237 Å². The molecule has 0 radical (unpaired) electrons. The quantitative estimate of drug-likeness (QED) is 0.292. The van der Waals surface area contributed by atoms with E-state index in [2.05, 4.69) is 15.3 Å². The number of rotatable bonds is 7. The molecule has 1 fully saturated rings. The highest BCUT2D eigenvalue weighted by Gasteiger charge is 2.18. The topological polar surface area (TPSA) is 113 Å². The molecule has 5 aromatic rings. The van der Waals surface area contributed by atoms with Crippen molar-refractivity contribution in [3.05, 3.63) is 109 Å². The van der Waals surface area contributed by atoms with Gasteiger partial charge in [0, 0.05) is 61.0 Å². The molecule has 3 aromatic heterocycles. The number of morpholine rings is 1. The second kappa shape index (κ2) is 11.9. The summed E-state index contributed by atoms with van der Waals surface area (Å²) in [6.45, 7) is 2.83. The average molecular weight is 545 g/mol. The SMILES string of the molecule is O=C(c1ccc(-c2cncc(-c3cc(NCc4cccc(O)c4)nc(-c4ccccn4)n3)c2)cc1)N1CCOCC1. The molecule has 0 aliphatic carbocycles.